The van der Waals surface area contributed by atoms with E-state index in [2.05, 4.69) is 34.8 Å². The van der Waals surface area contributed by atoms with Gasteiger partial charge in [0, 0.05) is 49.4 Å². The van der Waals surface area contributed by atoms with Crippen molar-refractivity contribution in [3.63, 3.8) is 0 Å². The van der Waals surface area contributed by atoms with Crippen molar-refractivity contribution < 1.29 is 4.79 Å². The summed E-state index contributed by atoms with van der Waals surface area (Å²) < 4.78 is 5.50. The van der Waals surface area contributed by atoms with E-state index >= 15 is 0 Å². The molecule has 3 aliphatic rings. The molecule has 0 bridgehead atoms. The monoisotopic (exact) mass is 522 g/mol. The Hall–Kier alpha value is -2.81. The summed E-state index contributed by atoms with van der Waals surface area (Å²) in [5.74, 6) is 0.468. The van der Waals surface area contributed by atoms with E-state index in [-0.39, 0.29) is 21.7 Å². The van der Waals surface area contributed by atoms with Crippen molar-refractivity contribution in [1.29, 1.82) is 16.1 Å². The number of rotatable bonds is 6. The van der Waals surface area contributed by atoms with Crippen LogP contribution in [0.2, 0.25) is 0 Å². The van der Waals surface area contributed by atoms with Crippen LogP contribution in [0.25, 0.3) is 11.1 Å². The predicted octanol–water partition coefficient (Wildman–Crippen LogP) is 4.59. The molecule has 36 heavy (non-hydrogen) atoms. The van der Waals surface area contributed by atoms with Crippen LogP contribution in [0.4, 0.5) is 4.79 Å². The van der Waals surface area contributed by atoms with E-state index < -0.39 is 5.41 Å². The molecule has 2 aliphatic carbocycles. The highest BCUT2D eigenvalue weighted by atomic mass is 32.2. The van der Waals surface area contributed by atoms with E-state index in [1.807, 2.05) is 15.5 Å². The van der Waals surface area contributed by atoms with Gasteiger partial charge in [-0.3, -0.25) is 19.9 Å². The maximum atomic E-state index is 12.4. The van der Waals surface area contributed by atoms with Gasteiger partial charge in [0.2, 0.25) is 0 Å². The Morgan fingerprint density at radius 3 is 2.61 bits per heavy atom. The second-order valence-electron chi connectivity index (χ2n) is 10.2. The highest BCUT2D eigenvalue weighted by Gasteiger charge is 2.48. The van der Waals surface area contributed by atoms with Crippen LogP contribution in [-0.4, -0.2) is 68.0 Å². The summed E-state index contributed by atoms with van der Waals surface area (Å²) >= 11 is 2.61. The summed E-state index contributed by atoms with van der Waals surface area (Å²) in [6.07, 6.45) is 10.3. The van der Waals surface area contributed by atoms with Gasteiger partial charge in [-0.2, -0.15) is 5.26 Å². The molecule has 1 aliphatic heterocycles. The van der Waals surface area contributed by atoms with Crippen LogP contribution < -0.4 is 4.72 Å². The number of nitrogens with zero attached hydrogens (tertiary/aromatic N) is 5. The van der Waals surface area contributed by atoms with Crippen molar-refractivity contribution in [2.75, 3.05) is 27.2 Å². The number of thioether (sulfide) groups is 1. The lowest BCUT2D eigenvalue weighted by Crippen LogP contribution is -2.41. The van der Waals surface area contributed by atoms with Crippen molar-refractivity contribution in [2.24, 2.45) is 5.41 Å². The van der Waals surface area contributed by atoms with Crippen LogP contribution in [0.1, 0.15) is 50.4 Å². The number of fused-ring (bicyclic) bond motifs is 1. The van der Waals surface area contributed by atoms with Gasteiger partial charge in [-0.25, -0.2) is 9.78 Å². The fraction of sp³-hybridized carbons (Fsp3) is 0.480. The summed E-state index contributed by atoms with van der Waals surface area (Å²) in [5.41, 5.74) is 2.53. The van der Waals surface area contributed by atoms with Gasteiger partial charge in [0.1, 0.15) is 10.5 Å². The molecule has 2 aromatic rings. The molecule has 0 saturated heterocycles. The fourth-order valence-electron chi connectivity index (χ4n) is 4.15. The van der Waals surface area contributed by atoms with E-state index in [1.54, 1.807) is 37.1 Å². The Morgan fingerprint density at radius 2 is 2.03 bits per heavy atom. The van der Waals surface area contributed by atoms with Gasteiger partial charge in [-0.1, -0.05) is 17.8 Å². The van der Waals surface area contributed by atoms with Gasteiger partial charge < -0.3 is 9.80 Å². The number of hydrogen-bond donors (Lipinski definition) is 3. The first-order chi connectivity index (χ1) is 17.1. The molecule has 0 atom stereocenters. The van der Waals surface area contributed by atoms with Gasteiger partial charge in [0.15, 0.2) is 5.82 Å². The zero-order chi connectivity index (χ0) is 25.7. The van der Waals surface area contributed by atoms with Crippen LogP contribution in [0.5, 0.6) is 0 Å². The molecule has 0 spiro atoms. The maximum absolute atomic E-state index is 12.4. The van der Waals surface area contributed by atoms with Crippen molar-refractivity contribution in [2.45, 2.75) is 49.5 Å². The Morgan fingerprint density at radius 1 is 1.28 bits per heavy atom. The zero-order valence-electron chi connectivity index (χ0n) is 20.7. The third kappa shape index (κ3) is 4.77. The van der Waals surface area contributed by atoms with Crippen LogP contribution in [0.3, 0.4) is 0 Å². The molecule has 188 valence electrons. The third-order valence-electron chi connectivity index (χ3n) is 7.05. The summed E-state index contributed by atoms with van der Waals surface area (Å²) in [4.78, 5) is 21.4. The minimum atomic E-state index is -0.720. The number of amides is 2. The molecule has 11 heteroatoms. The number of pyridine rings is 1. The average Bonchev–Trinajstić information content (AvgIpc) is 3.78. The second-order valence-corrected chi connectivity index (χ2v) is 12.1. The topological polar surface area (TPSA) is 124 Å². The lowest BCUT2D eigenvalue weighted by atomic mass is 9.99. The van der Waals surface area contributed by atoms with Crippen LogP contribution >= 0.6 is 23.7 Å². The van der Waals surface area contributed by atoms with Gasteiger partial charge >= 0.3 is 6.03 Å². The van der Waals surface area contributed by atoms with Crippen LogP contribution in [0, 0.1) is 27.6 Å². The van der Waals surface area contributed by atoms with Gasteiger partial charge in [0.05, 0.1) is 22.8 Å². The molecule has 2 saturated carbocycles. The summed E-state index contributed by atoms with van der Waals surface area (Å²) in [5, 5.41) is 26.9. The lowest BCUT2D eigenvalue weighted by molar-refractivity contribution is 0.176. The molecular formula is C25H30N8OS2. The fourth-order valence-corrected chi connectivity index (χ4v) is 5.95. The Kier molecular flexibility index (Phi) is 6.39. The van der Waals surface area contributed by atoms with Crippen LogP contribution in [0.15, 0.2) is 29.4 Å². The standard InChI is InChI=1S/C25H30N8OS2/c1-24(6-7-24)30-36-17-12-18(16-4-10-32(11-5-16)23(34)31(2)3)19-13-29-21(33(19)14-17)20(27)35-22(28)25(15-26)8-9-25/h4,12-14,27-28,30H,5-11H2,1-3H3. The van der Waals surface area contributed by atoms with Gasteiger partial charge in [-0.15, -0.1) is 0 Å². The normalized spacial score (nSPS) is 19.4. The Bertz CT molecular complexity index is 1330. The number of hydrogen-bond acceptors (Lipinski definition) is 8. The largest absolute Gasteiger partial charge is 0.331 e. The number of aromatic nitrogens is 2. The van der Waals surface area contributed by atoms with Gasteiger partial charge in [0.25, 0.3) is 0 Å². The average molecular weight is 523 g/mol. The third-order valence-corrected chi connectivity index (χ3v) is 9.08. The summed E-state index contributed by atoms with van der Waals surface area (Å²) in [6.45, 7) is 3.40. The molecule has 0 radical (unpaired) electrons. The van der Waals surface area contributed by atoms with E-state index in [0.29, 0.717) is 31.8 Å². The first-order valence-corrected chi connectivity index (χ1v) is 13.7. The highest BCUT2D eigenvalue weighted by molar-refractivity contribution is 8.26. The van der Waals surface area contributed by atoms with E-state index in [4.69, 9.17) is 10.8 Å². The molecule has 2 aromatic heterocycles. The number of nitriles is 1. The molecule has 3 N–H and O–H groups in total. The molecule has 2 amide bonds. The lowest BCUT2D eigenvalue weighted by Gasteiger charge is -2.29. The molecule has 2 fully saturated rings. The first kappa shape index (κ1) is 24.9. The summed E-state index contributed by atoms with van der Waals surface area (Å²) in [6, 6.07) is 4.40. The van der Waals surface area contributed by atoms with E-state index in [0.717, 1.165) is 52.6 Å². The quantitative estimate of drug-likeness (QED) is 0.289. The minimum Gasteiger partial charge on any atom is -0.331 e. The van der Waals surface area contributed by atoms with Crippen molar-refractivity contribution in [3.05, 3.63) is 35.9 Å². The molecule has 0 aromatic carbocycles. The van der Waals surface area contributed by atoms with Crippen LogP contribution in [-0.2, 0) is 0 Å². The molecular weight excluding hydrogens is 492 g/mol. The summed E-state index contributed by atoms with van der Waals surface area (Å²) in [7, 11) is 3.53. The first-order valence-electron chi connectivity index (χ1n) is 12.0. The van der Waals surface area contributed by atoms with Crippen molar-refractivity contribution >= 4 is 50.9 Å². The zero-order valence-corrected chi connectivity index (χ0v) is 22.4. The minimum absolute atomic E-state index is 0.00648. The number of carbonyl (C=O) groups excluding carboxylic acids is 1. The molecule has 3 heterocycles. The molecule has 5 rings (SSSR count). The number of nitrogens with one attached hydrogen (secondary N) is 3. The number of imidazole rings is 1. The molecule has 0 unspecified atom stereocenters. The van der Waals surface area contributed by atoms with E-state index in [1.165, 1.54) is 0 Å². The smallest absolute Gasteiger partial charge is 0.319 e. The Labute approximate surface area is 219 Å². The molecule has 9 nitrogen and oxygen atoms in total. The maximum Gasteiger partial charge on any atom is 0.319 e. The SMILES string of the molecule is CN(C)C(=O)N1CC=C(c2cc(SNC3(C)CC3)cn3c(C(=N)SC(=N)C4(C#N)CC4)ncc23)CC1. The number of urea groups is 1. The predicted molar refractivity (Wildman–Crippen MR) is 145 cm³/mol. The highest BCUT2D eigenvalue weighted by Crippen LogP contribution is 2.49. The van der Waals surface area contributed by atoms with E-state index in [9.17, 15) is 10.1 Å². The number of carbonyl (C=O) groups is 1. The van der Waals surface area contributed by atoms with Crippen molar-refractivity contribution in [1.82, 2.24) is 23.9 Å². The Balaban J connectivity index is 1.47. The second kappa shape index (κ2) is 9.25. The van der Waals surface area contributed by atoms with Gasteiger partial charge in [-0.05, 0) is 62.6 Å². The van der Waals surface area contributed by atoms with Crippen molar-refractivity contribution in [3.8, 4) is 6.07 Å².